The van der Waals surface area contributed by atoms with Crippen LogP contribution in [0.3, 0.4) is 0 Å². The Kier molecular flexibility index (Phi) is 4.96. The van der Waals surface area contributed by atoms with E-state index < -0.39 is 0 Å². The molecule has 1 N–H and O–H groups in total. The van der Waals surface area contributed by atoms with Crippen molar-refractivity contribution in [1.29, 1.82) is 0 Å². The Hall–Kier alpha value is -3.61. The highest BCUT2D eigenvalue weighted by Gasteiger charge is 2.54. The number of halogens is 1. The third-order valence-electron chi connectivity index (χ3n) is 6.44. The average molecular weight is 429 g/mol. The van der Waals surface area contributed by atoms with Crippen molar-refractivity contribution in [3.05, 3.63) is 72.2 Å². The summed E-state index contributed by atoms with van der Waals surface area (Å²) in [6.45, 7) is 4.03. The lowest BCUT2D eigenvalue weighted by atomic mass is 9.99. The second-order valence-corrected chi connectivity index (χ2v) is 8.50. The van der Waals surface area contributed by atoms with Gasteiger partial charge in [-0.15, -0.1) is 0 Å². The summed E-state index contributed by atoms with van der Waals surface area (Å²) in [5.41, 5.74) is 3.27. The van der Waals surface area contributed by atoms with Gasteiger partial charge >= 0.3 is 0 Å². The van der Waals surface area contributed by atoms with Gasteiger partial charge in [0.25, 0.3) is 0 Å². The van der Waals surface area contributed by atoms with E-state index in [9.17, 15) is 9.18 Å². The van der Waals surface area contributed by atoms with Gasteiger partial charge in [0.1, 0.15) is 11.6 Å². The molecular weight excluding hydrogens is 405 g/mol. The number of aryl methyl sites for hydroxylation is 2. The molecule has 3 atom stereocenters. The maximum atomic E-state index is 14.8. The quantitative estimate of drug-likeness (QED) is 0.492. The molecule has 5 rings (SSSR count). The van der Waals surface area contributed by atoms with Crippen molar-refractivity contribution in [2.75, 3.05) is 5.32 Å². The predicted molar refractivity (Wildman–Crippen MR) is 122 cm³/mol. The number of aromatic nitrogens is 4. The van der Waals surface area contributed by atoms with Crippen LogP contribution in [0.15, 0.2) is 55.2 Å². The number of carbonyl (C=O) groups excluding carboxylic acids is 1. The molecule has 32 heavy (non-hydrogen) atoms. The van der Waals surface area contributed by atoms with Crippen LogP contribution in [0.25, 0.3) is 21.9 Å². The molecule has 6 nitrogen and oxygen atoms in total. The number of nitrogens with zero attached hydrogens (tertiary/aromatic N) is 4. The lowest BCUT2D eigenvalue weighted by molar-refractivity contribution is -0.117. The van der Waals surface area contributed by atoms with E-state index in [-0.39, 0.29) is 23.6 Å². The number of anilines is 1. The van der Waals surface area contributed by atoms with Gasteiger partial charge < -0.3 is 5.32 Å². The second kappa shape index (κ2) is 7.82. The number of amides is 1. The van der Waals surface area contributed by atoms with Crippen LogP contribution in [0.5, 0.6) is 0 Å². The van der Waals surface area contributed by atoms with Crippen LogP contribution < -0.4 is 5.32 Å². The fraction of sp³-hybridized carbons (Fsp3) is 0.280. The Labute approximate surface area is 185 Å². The lowest BCUT2D eigenvalue weighted by Crippen LogP contribution is -2.16. The first kappa shape index (κ1) is 20.3. The molecule has 0 saturated heterocycles. The minimum absolute atomic E-state index is 0.0389. The van der Waals surface area contributed by atoms with E-state index in [1.807, 2.05) is 32.4 Å². The summed E-state index contributed by atoms with van der Waals surface area (Å²) >= 11 is 0. The number of benzene rings is 1. The highest BCUT2D eigenvalue weighted by molar-refractivity contribution is 5.97. The zero-order valence-electron chi connectivity index (χ0n) is 18.2. The molecule has 3 aromatic heterocycles. The van der Waals surface area contributed by atoms with Gasteiger partial charge in [-0.1, -0.05) is 13.3 Å². The summed E-state index contributed by atoms with van der Waals surface area (Å²) in [7, 11) is 1.88. The third-order valence-corrected chi connectivity index (χ3v) is 6.44. The molecule has 0 aliphatic heterocycles. The number of hydrogen-bond donors (Lipinski definition) is 1. The minimum atomic E-state index is -0.324. The maximum absolute atomic E-state index is 14.8. The highest BCUT2D eigenvalue weighted by Crippen LogP contribution is 2.56. The number of nitrogens with one attached hydrogen (secondary N) is 1. The van der Waals surface area contributed by atoms with Crippen molar-refractivity contribution < 1.29 is 9.18 Å². The number of fused-ring (bicyclic) bond motifs is 1. The molecular formula is C25H24FN5O. The molecule has 1 saturated carbocycles. The summed E-state index contributed by atoms with van der Waals surface area (Å²) in [5.74, 6) is 0.494. The molecule has 0 bridgehead atoms. The molecule has 162 valence electrons. The van der Waals surface area contributed by atoms with E-state index in [1.165, 1.54) is 6.07 Å². The standard InChI is InChI=1S/C25H24FN5O/c1-4-18-23(17-11-29-31(3)13-17)24(18)25(32)30-22-9-15-7-19(20-12-27-6-5-14(20)2)21(26)8-16(15)10-28-22/h5-13,18,23-24H,4H2,1-3H3,(H,28,30,32)/t18-,23?,24+/m1/s1. The van der Waals surface area contributed by atoms with Gasteiger partial charge in [-0.2, -0.15) is 5.10 Å². The minimum Gasteiger partial charge on any atom is -0.310 e. The highest BCUT2D eigenvalue weighted by atomic mass is 19.1. The molecule has 1 unspecified atom stereocenters. The smallest absolute Gasteiger partial charge is 0.229 e. The Morgan fingerprint density at radius 3 is 2.72 bits per heavy atom. The number of carbonyl (C=O) groups is 1. The predicted octanol–water partition coefficient (Wildman–Crippen LogP) is 4.86. The Morgan fingerprint density at radius 2 is 2.00 bits per heavy atom. The van der Waals surface area contributed by atoms with E-state index in [0.29, 0.717) is 22.7 Å². The second-order valence-electron chi connectivity index (χ2n) is 8.50. The van der Waals surface area contributed by atoms with Crippen molar-refractivity contribution in [3.63, 3.8) is 0 Å². The molecule has 1 aliphatic rings. The summed E-state index contributed by atoms with van der Waals surface area (Å²) in [4.78, 5) is 21.5. The van der Waals surface area contributed by atoms with Crippen molar-refractivity contribution in [2.24, 2.45) is 18.9 Å². The zero-order valence-corrected chi connectivity index (χ0v) is 18.2. The summed E-state index contributed by atoms with van der Waals surface area (Å²) in [6.07, 6.45) is 9.69. The molecule has 0 spiro atoms. The van der Waals surface area contributed by atoms with Gasteiger partial charge in [-0.05, 0) is 53.6 Å². The van der Waals surface area contributed by atoms with E-state index in [0.717, 1.165) is 28.5 Å². The third kappa shape index (κ3) is 3.53. The van der Waals surface area contributed by atoms with Crippen LogP contribution in [0.4, 0.5) is 10.2 Å². The van der Waals surface area contributed by atoms with Gasteiger partial charge in [0.05, 0.1) is 6.20 Å². The van der Waals surface area contributed by atoms with Crippen LogP contribution in [0.2, 0.25) is 0 Å². The van der Waals surface area contributed by atoms with Crippen LogP contribution >= 0.6 is 0 Å². The Balaban J connectivity index is 1.42. The van der Waals surface area contributed by atoms with Gasteiger partial charge in [0, 0.05) is 60.2 Å². The van der Waals surface area contributed by atoms with Crippen LogP contribution in [-0.2, 0) is 11.8 Å². The fourth-order valence-corrected chi connectivity index (χ4v) is 4.70. The van der Waals surface area contributed by atoms with Gasteiger partial charge in [-0.25, -0.2) is 9.37 Å². The number of pyridine rings is 2. The SMILES string of the molecule is CC[C@@H]1C(c2cnn(C)c2)[C@H]1C(=O)Nc1cc2cc(-c3cnccc3C)c(F)cc2cn1. The normalized spacial score (nSPS) is 19.8. The van der Waals surface area contributed by atoms with Crippen molar-refractivity contribution >= 4 is 22.5 Å². The molecule has 1 aromatic carbocycles. The number of rotatable bonds is 5. The summed E-state index contributed by atoms with van der Waals surface area (Å²) < 4.78 is 16.5. The van der Waals surface area contributed by atoms with Gasteiger partial charge in [-0.3, -0.25) is 14.5 Å². The zero-order chi connectivity index (χ0) is 22.4. The first-order valence-corrected chi connectivity index (χ1v) is 10.8. The van der Waals surface area contributed by atoms with E-state index in [1.54, 1.807) is 35.4 Å². The fourth-order valence-electron chi connectivity index (χ4n) is 4.70. The largest absolute Gasteiger partial charge is 0.310 e. The summed E-state index contributed by atoms with van der Waals surface area (Å²) in [6, 6.07) is 6.92. The first-order chi connectivity index (χ1) is 15.5. The summed E-state index contributed by atoms with van der Waals surface area (Å²) in [5, 5.41) is 8.70. The maximum Gasteiger partial charge on any atom is 0.229 e. The monoisotopic (exact) mass is 429 g/mol. The number of hydrogen-bond acceptors (Lipinski definition) is 4. The average Bonchev–Trinajstić information content (AvgIpc) is 3.37. The molecule has 1 fully saturated rings. The van der Waals surface area contributed by atoms with Gasteiger partial charge in [0.15, 0.2) is 0 Å². The lowest BCUT2D eigenvalue weighted by Gasteiger charge is -2.10. The molecule has 7 heteroatoms. The van der Waals surface area contributed by atoms with Crippen molar-refractivity contribution in [3.8, 4) is 11.1 Å². The van der Waals surface area contributed by atoms with Crippen LogP contribution in [-0.4, -0.2) is 25.7 Å². The van der Waals surface area contributed by atoms with E-state index in [2.05, 4.69) is 27.3 Å². The van der Waals surface area contributed by atoms with Crippen molar-refractivity contribution in [2.45, 2.75) is 26.2 Å². The molecule has 1 amide bonds. The van der Waals surface area contributed by atoms with Crippen LogP contribution in [0.1, 0.15) is 30.4 Å². The molecule has 3 heterocycles. The van der Waals surface area contributed by atoms with Crippen LogP contribution in [0, 0.1) is 24.6 Å². The van der Waals surface area contributed by atoms with Gasteiger partial charge in [0.2, 0.25) is 5.91 Å². The Bertz CT molecular complexity index is 1330. The molecule has 4 aromatic rings. The van der Waals surface area contributed by atoms with E-state index in [4.69, 9.17) is 0 Å². The molecule has 1 aliphatic carbocycles. The Morgan fingerprint density at radius 1 is 1.16 bits per heavy atom. The topological polar surface area (TPSA) is 72.7 Å². The first-order valence-electron chi connectivity index (χ1n) is 10.8. The van der Waals surface area contributed by atoms with E-state index >= 15 is 0 Å². The molecule has 0 radical (unpaired) electrons. The van der Waals surface area contributed by atoms with Crippen molar-refractivity contribution in [1.82, 2.24) is 19.7 Å².